The molecule has 0 spiro atoms. The highest BCUT2D eigenvalue weighted by atomic mass is 35.5. The fourth-order valence-electron chi connectivity index (χ4n) is 8.71. The van der Waals surface area contributed by atoms with Crippen molar-refractivity contribution in [2.45, 2.75) is 168 Å². The van der Waals surface area contributed by atoms with Crippen molar-refractivity contribution >= 4 is 51.4 Å². The van der Waals surface area contributed by atoms with Crippen molar-refractivity contribution in [1.82, 2.24) is 4.72 Å². The van der Waals surface area contributed by atoms with E-state index in [0.717, 1.165) is 23.1 Å². The Hall–Kier alpha value is -6.38. The second-order valence-corrected chi connectivity index (χ2v) is 28.5. The fraction of sp³-hybridized carbons (Fsp3) is 0.507. The maximum atomic E-state index is 12.8. The predicted molar refractivity (Wildman–Crippen MR) is 345 cm³/mol. The van der Waals surface area contributed by atoms with Crippen molar-refractivity contribution in [2.24, 2.45) is 44.8 Å². The third-order valence-electron chi connectivity index (χ3n) is 13.4. The first-order valence-corrected chi connectivity index (χ1v) is 31.5. The molecule has 476 valence electrons. The average Bonchev–Trinajstić information content (AvgIpc) is 3.06. The van der Waals surface area contributed by atoms with E-state index in [9.17, 15) is 36.8 Å². The number of nitrogens with one attached hydrogen (secondary N) is 1. The van der Waals surface area contributed by atoms with E-state index in [0.29, 0.717) is 44.3 Å². The molecule has 4 unspecified atom stereocenters. The van der Waals surface area contributed by atoms with E-state index in [1.165, 1.54) is 29.8 Å². The van der Waals surface area contributed by atoms with E-state index in [1.807, 2.05) is 135 Å². The molecule has 1 N–H and O–H groups in total. The molecule has 0 heterocycles. The third kappa shape index (κ3) is 30.8. The Bertz CT molecular complexity index is 2810. The zero-order chi connectivity index (χ0) is 65.7. The van der Waals surface area contributed by atoms with Crippen molar-refractivity contribution < 1.29 is 55.7 Å². The van der Waals surface area contributed by atoms with Crippen LogP contribution in [0.25, 0.3) is 0 Å². The van der Waals surface area contributed by atoms with E-state index < -0.39 is 15.9 Å². The summed E-state index contributed by atoms with van der Waals surface area (Å²) < 4.78 is 59.1. The Labute approximate surface area is 521 Å². The van der Waals surface area contributed by atoms with Gasteiger partial charge in [0.1, 0.15) is 5.82 Å². The molecule has 0 aliphatic rings. The second-order valence-electron chi connectivity index (χ2n) is 26.4. The molecule has 0 saturated heterocycles. The normalized spacial score (nSPS) is 13.0. The zero-order valence-electron chi connectivity index (χ0n) is 54.9. The number of rotatable bonds is 18. The van der Waals surface area contributed by atoms with Gasteiger partial charge in [0.15, 0.2) is 0 Å². The van der Waals surface area contributed by atoms with Crippen LogP contribution in [0.2, 0.25) is 5.02 Å². The Balaban J connectivity index is 0.000000538. The molecule has 0 radical (unpaired) electrons. The molecule has 0 aromatic heterocycles. The van der Waals surface area contributed by atoms with Crippen LogP contribution in [0.4, 0.5) is 4.39 Å². The van der Waals surface area contributed by atoms with Gasteiger partial charge in [-0.3, -0.25) is 24.0 Å². The summed E-state index contributed by atoms with van der Waals surface area (Å²) in [4.78, 5) is 59.6. The summed E-state index contributed by atoms with van der Waals surface area (Å²) in [6, 6.07) is 41.6. The number of hydrogen-bond donors (Lipinski definition) is 1. The van der Waals surface area contributed by atoms with Crippen LogP contribution in [0, 0.1) is 50.6 Å². The van der Waals surface area contributed by atoms with Crippen LogP contribution in [-0.4, -0.2) is 64.6 Å². The molecule has 5 aromatic carbocycles. The second kappa shape index (κ2) is 36.7. The van der Waals surface area contributed by atoms with Gasteiger partial charge < -0.3 is 18.9 Å². The van der Waals surface area contributed by atoms with Gasteiger partial charge in [-0.05, 0) is 133 Å². The van der Waals surface area contributed by atoms with E-state index in [4.69, 9.17) is 30.5 Å². The standard InChI is InChI=1S/C15H21ClO2.C15H21FO2.C15H22O2.C14H20O2.C12H17NO3S/c2*1-5-18-14(17)13(15(2,3)4)10-11-6-8-12(16)9-7-11;1-5-17-14(16)13(15(2,3)4)11-12-9-7-6-8-10-12;1-5-16-13(15)12(14(2,3)4)11-9-7-6-8-10-11;1-12(2,3)9-11(14)13-17(15,16)10-7-5-4-6-8-10/h2*6-9,13H,5,10H2,1-4H3;6-10,13H,5,11H2,1-4H3;6-10,12H,5H2,1-4H3;4-8H,9H2,1-3H3,(H,13,14). The van der Waals surface area contributed by atoms with Gasteiger partial charge in [-0.2, -0.15) is 0 Å². The quantitative estimate of drug-likeness (QED) is 0.0655. The summed E-state index contributed by atoms with van der Waals surface area (Å²) in [6.07, 6.45) is 2.16. The molecule has 0 aliphatic heterocycles. The summed E-state index contributed by atoms with van der Waals surface area (Å²) in [7, 11) is -3.73. The topological polar surface area (TPSA) is 168 Å². The molecule has 86 heavy (non-hydrogen) atoms. The molecule has 5 rings (SSSR count). The van der Waals surface area contributed by atoms with E-state index in [2.05, 4.69) is 79.2 Å². The lowest BCUT2D eigenvalue weighted by molar-refractivity contribution is -0.152. The van der Waals surface area contributed by atoms with Gasteiger partial charge in [0.05, 0.1) is 55.0 Å². The number of hydrogen-bond acceptors (Lipinski definition) is 11. The molecule has 4 atom stereocenters. The van der Waals surface area contributed by atoms with Gasteiger partial charge in [0, 0.05) is 11.4 Å². The minimum atomic E-state index is -3.73. The van der Waals surface area contributed by atoms with Crippen LogP contribution >= 0.6 is 11.6 Å². The van der Waals surface area contributed by atoms with E-state index in [1.54, 1.807) is 37.3 Å². The number of halogens is 2. The predicted octanol–water partition coefficient (Wildman–Crippen LogP) is 16.5. The first-order valence-electron chi connectivity index (χ1n) is 29.7. The Morgan fingerprint density at radius 1 is 0.442 bits per heavy atom. The van der Waals surface area contributed by atoms with Crippen LogP contribution in [0.3, 0.4) is 0 Å². The minimum Gasteiger partial charge on any atom is -0.466 e. The molecule has 0 fully saturated rings. The molecule has 0 saturated carbocycles. The van der Waals surface area contributed by atoms with Crippen molar-refractivity contribution in [1.29, 1.82) is 0 Å². The summed E-state index contributed by atoms with van der Waals surface area (Å²) in [5.74, 6) is -1.94. The summed E-state index contributed by atoms with van der Waals surface area (Å²) in [5, 5.41) is 0.710. The number of carbonyl (C=O) groups is 5. The molecule has 0 bridgehead atoms. The summed E-state index contributed by atoms with van der Waals surface area (Å²) in [6.45, 7) is 39.3. The first-order chi connectivity index (χ1) is 39.8. The van der Waals surface area contributed by atoms with Gasteiger partial charge in [-0.25, -0.2) is 17.5 Å². The van der Waals surface area contributed by atoms with Gasteiger partial charge in [0.2, 0.25) is 5.91 Å². The number of benzene rings is 5. The Morgan fingerprint density at radius 3 is 1.08 bits per heavy atom. The van der Waals surface area contributed by atoms with Gasteiger partial charge in [-0.1, -0.05) is 219 Å². The molecule has 12 nitrogen and oxygen atoms in total. The lowest BCUT2D eigenvalue weighted by Gasteiger charge is -2.29. The van der Waals surface area contributed by atoms with Crippen LogP contribution in [0.5, 0.6) is 0 Å². The molecule has 15 heteroatoms. The first kappa shape index (κ1) is 77.6. The van der Waals surface area contributed by atoms with Crippen molar-refractivity contribution in [3.63, 3.8) is 0 Å². The number of esters is 4. The Kier molecular flexibility index (Phi) is 33.1. The molecule has 1 amide bonds. The highest BCUT2D eigenvalue weighted by Crippen LogP contribution is 2.37. The molecular formula is C71H101ClFNO11S. The van der Waals surface area contributed by atoms with Crippen molar-refractivity contribution in [2.75, 3.05) is 26.4 Å². The van der Waals surface area contributed by atoms with E-state index >= 15 is 0 Å². The summed E-state index contributed by atoms with van der Waals surface area (Å²) in [5.41, 5.74) is 3.50. The fourth-order valence-corrected chi connectivity index (χ4v) is 9.84. The minimum absolute atomic E-state index is 0.0813. The van der Waals surface area contributed by atoms with Crippen molar-refractivity contribution in [3.05, 3.63) is 173 Å². The average molecular weight is 1230 g/mol. The number of carbonyl (C=O) groups excluding carboxylic acids is 5. The van der Waals surface area contributed by atoms with Gasteiger partial charge in [0.25, 0.3) is 10.0 Å². The third-order valence-corrected chi connectivity index (χ3v) is 15.0. The van der Waals surface area contributed by atoms with Crippen LogP contribution in [0.15, 0.2) is 144 Å². The summed E-state index contributed by atoms with van der Waals surface area (Å²) >= 11 is 5.86. The largest absolute Gasteiger partial charge is 0.466 e. The maximum Gasteiger partial charge on any atom is 0.313 e. The number of sulfonamides is 1. The van der Waals surface area contributed by atoms with Gasteiger partial charge in [-0.15, -0.1) is 0 Å². The lowest BCUT2D eigenvalue weighted by Crippen LogP contribution is -2.33. The number of ether oxygens (including phenoxy) is 4. The van der Waals surface area contributed by atoms with E-state index in [-0.39, 0.29) is 91.8 Å². The van der Waals surface area contributed by atoms with Crippen LogP contribution in [0.1, 0.15) is 166 Å². The maximum absolute atomic E-state index is 12.8. The molecule has 0 aliphatic carbocycles. The van der Waals surface area contributed by atoms with Crippen LogP contribution in [-0.2, 0) is 72.2 Å². The van der Waals surface area contributed by atoms with Gasteiger partial charge >= 0.3 is 23.9 Å². The zero-order valence-corrected chi connectivity index (χ0v) is 56.5. The van der Waals surface area contributed by atoms with Crippen LogP contribution < -0.4 is 4.72 Å². The van der Waals surface area contributed by atoms with Crippen molar-refractivity contribution in [3.8, 4) is 0 Å². The molecular weight excluding hydrogens is 1130 g/mol. The smallest absolute Gasteiger partial charge is 0.313 e. The Morgan fingerprint density at radius 2 is 0.756 bits per heavy atom. The monoisotopic (exact) mass is 1230 g/mol. The SMILES string of the molecule is CC(C)(C)CC(=O)NS(=O)(=O)c1ccccc1.CCOC(=O)C(Cc1ccc(Cl)cc1)C(C)(C)C.CCOC(=O)C(Cc1ccc(F)cc1)C(C)(C)C.CCOC(=O)C(Cc1ccccc1)C(C)(C)C.CCOC(=O)C(c1ccccc1)C(C)(C)C. The highest BCUT2D eigenvalue weighted by Gasteiger charge is 2.36. The highest BCUT2D eigenvalue weighted by molar-refractivity contribution is 7.90. The lowest BCUT2D eigenvalue weighted by atomic mass is 9.76. The number of amides is 1. The molecule has 5 aromatic rings.